The monoisotopic (exact) mass is 258 g/mol. The van der Waals surface area contributed by atoms with Gasteiger partial charge in [-0.1, -0.05) is 55.0 Å². The third-order valence-corrected chi connectivity index (χ3v) is 3.02. The zero-order chi connectivity index (χ0) is 14.2. The summed E-state index contributed by atoms with van der Waals surface area (Å²) in [6.07, 6.45) is 2.30. The highest BCUT2D eigenvalue weighted by atomic mass is 13.9. The normalized spacial score (nSPS) is 9.10. The Morgan fingerprint density at radius 3 is 1.75 bits per heavy atom. The van der Waals surface area contributed by atoms with Crippen LogP contribution < -0.4 is 0 Å². The van der Waals surface area contributed by atoms with E-state index in [9.17, 15) is 0 Å². The van der Waals surface area contributed by atoms with Crippen molar-refractivity contribution < 1.29 is 0 Å². The van der Waals surface area contributed by atoms with E-state index in [0.29, 0.717) is 0 Å². The van der Waals surface area contributed by atoms with Crippen LogP contribution in [-0.2, 0) is 6.42 Å². The van der Waals surface area contributed by atoms with Crippen LogP contribution in [0.25, 0.3) is 0 Å². The van der Waals surface area contributed by atoms with Gasteiger partial charge in [0.15, 0.2) is 0 Å². The molecule has 0 saturated heterocycles. The molecular weight excluding hydrogens is 240 g/mol. The lowest BCUT2D eigenvalue weighted by molar-refractivity contribution is 0.922. The summed E-state index contributed by atoms with van der Waals surface area (Å²) in [6.45, 7) is 4.26. The first kappa shape index (κ1) is 14.0. The molecule has 20 heavy (non-hydrogen) atoms. The zero-order valence-electron chi connectivity index (χ0n) is 12.0. The number of aryl methyl sites for hydroxylation is 2. The van der Waals surface area contributed by atoms with Crippen LogP contribution in [0.2, 0.25) is 0 Å². The van der Waals surface area contributed by atoms with Crippen LogP contribution in [0.4, 0.5) is 0 Å². The molecule has 0 atom stereocenters. The molecule has 0 aliphatic heterocycles. The summed E-state index contributed by atoms with van der Waals surface area (Å²) in [7, 11) is 0. The van der Waals surface area contributed by atoms with Crippen molar-refractivity contribution in [3.05, 3.63) is 70.8 Å². The summed E-state index contributed by atoms with van der Waals surface area (Å²) in [5.74, 6) is 11.9. The summed E-state index contributed by atoms with van der Waals surface area (Å²) in [5, 5.41) is 0. The lowest BCUT2D eigenvalue weighted by Crippen LogP contribution is -1.82. The molecule has 2 aromatic rings. The molecule has 0 unspecified atom stereocenters. The van der Waals surface area contributed by atoms with Crippen LogP contribution in [-0.4, -0.2) is 0 Å². The second kappa shape index (κ2) is 7.22. The molecule has 2 aromatic carbocycles. The third kappa shape index (κ3) is 4.34. The van der Waals surface area contributed by atoms with Crippen LogP contribution >= 0.6 is 0 Å². The van der Waals surface area contributed by atoms with Crippen molar-refractivity contribution in [1.82, 2.24) is 0 Å². The molecule has 0 aliphatic carbocycles. The topological polar surface area (TPSA) is 0 Å². The molecule has 0 bridgehead atoms. The Hall–Kier alpha value is -2.44. The smallest absolute Gasteiger partial charge is 0.0255 e. The van der Waals surface area contributed by atoms with E-state index in [4.69, 9.17) is 0 Å². The van der Waals surface area contributed by atoms with E-state index < -0.39 is 0 Å². The third-order valence-electron chi connectivity index (χ3n) is 3.02. The molecule has 98 valence electrons. The fraction of sp³-hybridized carbons (Fsp3) is 0.200. The Morgan fingerprint density at radius 2 is 1.25 bits per heavy atom. The second-order valence-corrected chi connectivity index (χ2v) is 4.81. The molecular formula is C20H18. The van der Waals surface area contributed by atoms with Crippen molar-refractivity contribution in [3.63, 3.8) is 0 Å². The van der Waals surface area contributed by atoms with E-state index in [-0.39, 0.29) is 0 Å². The van der Waals surface area contributed by atoms with Gasteiger partial charge in [-0.15, -0.1) is 0 Å². The molecule has 0 nitrogen and oxygen atoms in total. The van der Waals surface area contributed by atoms with Gasteiger partial charge in [-0.2, -0.15) is 0 Å². The molecule has 0 amide bonds. The summed E-state index contributed by atoms with van der Waals surface area (Å²) in [4.78, 5) is 0. The van der Waals surface area contributed by atoms with E-state index in [1.165, 1.54) is 17.5 Å². The van der Waals surface area contributed by atoms with Crippen molar-refractivity contribution >= 4 is 0 Å². The average molecular weight is 258 g/mol. The van der Waals surface area contributed by atoms with Crippen molar-refractivity contribution in [2.75, 3.05) is 0 Å². The maximum Gasteiger partial charge on any atom is 0.0255 e. The highest BCUT2D eigenvalue weighted by molar-refractivity contribution is 5.45. The predicted molar refractivity (Wildman–Crippen MR) is 85.4 cm³/mol. The fourth-order valence-corrected chi connectivity index (χ4v) is 1.89. The van der Waals surface area contributed by atoms with Crippen molar-refractivity contribution in [3.8, 4) is 23.7 Å². The highest BCUT2D eigenvalue weighted by Gasteiger charge is 1.90. The van der Waals surface area contributed by atoms with Crippen LogP contribution in [0.3, 0.4) is 0 Å². The minimum atomic E-state index is 1.00. The highest BCUT2D eigenvalue weighted by Crippen LogP contribution is 2.05. The largest absolute Gasteiger partial charge is 0.0651 e. The Bertz CT molecular complexity index is 665. The lowest BCUT2D eigenvalue weighted by atomic mass is 10.1. The summed E-state index contributed by atoms with van der Waals surface area (Å²) < 4.78 is 0. The Morgan fingerprint density at radius 1 is 0.750 bits per heavy atom. The molecule has 0 aromatic heterocycles. The van der Waals surface area contributed by atoms with E-state index in [0.717, 1.165) is 17.5 Å². The summed E-state index contributed by atoms with van der Waals surface area (Å²) >= 11 is 0. The number of hydrogen-bond acceptors (Lipinski definition) is 0. The standard InChI is InChI=1S/C20H18/c1-3-6-18-13-15-20(16-14-18)8-5-4-7-19-11-9-17(2)10-12-19/h9-16H,3,6H2,1-2H3. The molecule has 0 fully saturated rings. The summed E-state index contributed by atoms with van der Waals surface area (Å²) in [6, 6.07) is 16.6. The molecule has 2 rings (SSSR count). The molecule has 0 N–H and O–H groups in total. The quantitative estimate of drug-likeness (QED) is 0.702. The van der Waals surface area contributed by atoms with Crippen molar-refractivity contribution in [2.45, 2.75) is 26.7 Å². The van der Waals surface area contributed by atoms with E-state index in [2.05, 4.69) is 73.9 Å². The second-order valence-electron chi connectivity index (χ2n) is 4.81. The van der Waals surface area contributed by atoms with Crippen LogP contribution in [0.1, 0.15) is 35.6 Å². The van der Waals surface area contributed by atoms with Gasteiger partial charge in [0.1, 0.15) is 0 Å². The predicted octanol–water partition coefficient (Wildman–Crippen LogP) is 4.35. The van der Waals surface area contributed by atoms with Gasteiger partial charge in [0.05, 0.1) is 0 Å². The maximum absolute atomic E-state index is 3.07. The molecule has 0 radical (unpaired) electrons. The van der Waals surface area contributed by atoms with E-state index in [1.807, 2.05) is 12.1 Å². The van der Waals surface area contributed by atoms with E-state index >= 15 is 0 Å². The van der Waals surface area contributed by atoms with Gasteiger partial charge >= 0.3 is 0 Å². The minimum absolute atomic E-state index is 1.00. The first-order valence-electron chi connectivity index (χ1n) is 6.95. The zero-order valence-corrected chi connectivity index (χ0v) is 12.0. The fourth-order valence-electron chi connectivity index (χ4n) is 1.89. The van der Waals surface area contributed by atoms with Gasteiger partial charge < -0.3 is 0 Å². The number of rotatable bonds is 2. The summed E-state index contributed by atoms with van der Waals surface area (Å²) in [5.41, 5.74) is 4.63. The van der Waals surface area contributed by atoms with E-state index in [1.54, 1.807) is 0 Å². The average Bonchev–Trinajstić information content (AvgIpc) is 2.47. The number of benzene rings is 2. The van der Waals surface area contributed by atoms with Crippen LogP contribution in [0, 0.1) is 30.6 Å². The van der Waals surface area contributed by atoms with Gasteiger partial charge in [-0.25, -0.2) is 0 Å². The van der Waals surface area contributed by atoms with Crippen LogP contribution in [0.5, 0.6) is 0 Å². The van der Waals surface area contributed by atoms with Gasteiger partial charge in [0, 0.05) is 11.1 Å². The molecule has 0 saturated carbocycles. The first-order chi connectivity index (χ1) is 9.78. The maximum atomic E-state index is 3.07. The SMILES string of the molecule is CCCc1ccc(C#CC#Cc2ccc(C)cc2)cc1. The Labute approximate surface area is 121 Å². The Balaban J connectivity index is 2.02. The Kier molecular flexibility index (Phi) is 5.05. The number of hydrogen-bond donors (Lipinski definition) is 0. The van der Waals surface area contributed by atoms with Gasteiger partial charge in [-0.05, 0) is 55.0 Å². The van der Waals surface area contributed by atoms with Crippen molar-refractivity contribution in [2.24, 2.45) is 0 Å². The molecule has 0 aliphatic rings. The van der Waals surface area contributed by atoms with Crippen LogP contribution in [0.15, 0.2) is 48.5 Å². The molecule has 0 spiro atoms. The van der Waals surface area contributed by atoms with Gasteiger partial charge in [0.2, 0.25) is 0 Å². The van der Waals surface area contributed by atoms with Gasteiger partial charge in [0.25, 0.3) is 0 Å². The lowest BCUT2D eigenvalue weighted by Gasteiger charge is -1.97. The van der Waals surface area contributed by atoms with Crippen molar-refractivity contribution in [1.29, 1.82) is 0 Å². The molecule has 0 heterocycles. The molecule has 0 heteroatoms. The van der Waals surface area contributed by atoms with Gasteiger partial charge in [-0.3, -0.25) is 0 Å². The minimum Gasteiger partial charge on any atom is -0.0651 e. The first-order valence-corrected chi connectivity index (χ1v) is 6.95.